The third-order valence-electron chi connectivity index (χ3n) is 2.01. The van der Waals surface area contributed by atoms with Crippen molar-refractivity contribution in [3.63, 3.8) is 0 Å². The van der Waals surface area contributed by atoms with Gasteiger partial charge >= 0.3 is 0 Å². The first kappa shape index (κ1) is 10.5. The molecule has 0 saturated carbocycles. The van der Waals surface area contributed by atoms with E-state index in [1.54, 1.807) is 12.1 Å². The van der Waals surface area contributed by atoms with Crippen molar-refractivity contribution in [3.8, 4) is 6.07 Å². The van der Waals surface area contributed by atoms with Crippen LogP contribution in [-0.4, -0.2) is 15.8 Å². The molecule has 0 saturated heterocycles. The van der Waals surface area contributed by atoms with Crippen LogP contribution in [0.1, 0.15) is 21.4 Å². The predicted molar refractivity (Wildman–Crippen MR) is 59.0 cm³/mol. The normalized spacial score (nSPS) is 11.7. The van der Waals surface area contributed by atoms with Crippen molar-refractivity contribution in [2.24, 2.45) is 0 Å². The highest BCUT2D eigenvalue weighted by Gasteiger charge is 2.24. The second-order valence-corrected chi connectivity index (χ2v) is 3.99. The van der Waals surface area contributed by atoms with E-state index in [0.29, 0.717) is 0 Å². The summed E-state index contributed by atoms with van der Waals surface area (Å²) in [6.07, 6.45) is 2.98. The molecule has 16 heavy (non-hydrogen) atoms. The summed E-state index contributed by atoms with van der Waals surface area (Å²) in [5.41, 5.74) is 0. The fraction of sp³-hybridized carbons (Fsp3) is 0.0909. The molecule has 0 spiro atoms. The third-order valence-corrected chi connectivity index (χ3v) is 2.94. The summed E-state index contributed by atoms with van der Waals surface area (Å²) in [4.78, 5) is 20.4. The lowest BCUT2D eigenvalue weighted by molar-refractivity contribution is 0.0970. The van der Waals surface area contributed by atoms with Crippen molar-refractivity contribution in [2.75, 3.05) is 0 Å². The second-order valence-electron chi connectivity index (χ2n) is 3.01. The topological polar surface area (TPSA) is 66.6 Å². The van der Waals surface area contributed by atoms with Gasteiger partial charge in [-0.1, -0.05) is 6.07 Å². The van der Waals surface area contributed by atoms with Gasteiger partial charge in [-0.25, -0.2) is 9.97 Å². The molecule has 1 unspecified atom stereocenters. The van der Waals surface area contributed by atoms with Gasteiger partial charge in [-0.2, -0.15) is 5.26 Å². The van der Waals surface area contributed by atoms with Crippen LogP contribution >= 0.6 is 11.3 Å². The summed E-state index contributed by atoms with van der Waals surface area (Å²) in [5.74, 6) is -1.07. The Bertz CT molecular complexity index is 516. The van der Waals surface area contributed by atoms with Crippen molar-refractivity contribution in [1.29, 1.82) is 5.26 Å². The lowest BCUT2D eigenvalue weighted by Gasteiger charge is -2.03. The SMILES string of the molecule is N#CC(C(=O)c1ncccn1)c1cccs1. The van der Waals surface area contributed by atoms with Gasteiger partial charge in [0, 0.05) is 17.3 Å². The summed E-state index contributed by atoms with van der Waals surface area (Å²) >= 11 is 1.38. The Balaban J connectivity index is 2.31. The number of thiophene rings is 1. The zero-order valence-electron chi connectivity index (χ0n) is 8.20. The van der Waals surface area contributed by atoms with E-state index in [4.69, 9.17) is 5.26 Å². The predicted octanol–water partition coefficient (Wildman–Crippen LogP) is 2.03. The Kier molecular flexibility index (Phi) is 3.03. The number of ketones is 1. The average molecular weight is 229 g/mol. The number of nitriles is 1. The summed E-state index contributed by atoms with van der Waals surface area (Å²) in [6, 6.07) is 7.18. The van der Waals surface area contributed by atoms with E-state index in [1.807, 2.05) is 17.5 Å². The number of carbonyl (C=O) groups is 1. The minimum absolute atomic E-state index is 0.0856. The molecule has 0 amide bonds. The first-order valence-electron chi connectivity index (χ1n) is 4.57. The Morgan fingerprint density at radius 3 is 2.69 bits per heavy atom. The summed E-state index contributed by atoms with van der Waals surface area (Å²) in [5, 5.41) is 10.8. The summed E-state index contributed by atoms with van der Waals surface area (Å²) in [6.45, 7) is 0. The lowest BCUT2D eigenvalue weighted by Crippen LogP contribution is -2.13. The molecule has 78 valence electrons. The van der Waals surface area contributed by atoms with Gasteiger partial charge in [0.1, 0.15) is 5.92 Å². The van der Waals surface area contributed by atoms with Crippen LogP contribution in [0.2, 0.25) is 0 Å². The van der Waals surface area contributed by atoms with Gasteiger partial charge in [0.25, 0.3) is 0 Å². The van der Waals surface area contributed by atoms with Crippen LogP contribution < -0.4 is 0 Å². The molecule has 5 heteroatoms. The highest BCUT2D eigenvalue weighted by atomic mass is 32.1. The van der Waals surface area contributed by atoms with Gasteiger partial charge in [0.15, 0.2) is 5.82 Å². The van der Waals surface area contributed by atoms with E-state index in [1.165, 1.54) is 23.7 Å². The molecule has 0 N–H and O–H groups in total. The first-order chi connectivity index (χ1) is 7.83. The molecule has 0 bridgehead atoms. The number of hydrogen-bond acceptors (Lipinski definition) is 5. The fourth-order valence-electron chi connectivity index (χ4n) is 1.26. The second kappa shape index (κ2) is 4.64. The number of aromatic nitrogens is 2. The number of Topliss-reactive ketones (excluding diaryl/α,β-unsaturated/α-hetero) is 1. The van der Waals surface area contributed by atoms with Crippen LogP contribution in [0.15, 0.2) is 36.0 Å². The largest absolute Gasteiger partial charge is 0.289 e. The maximum absolute atomic E-state index is 11.9. The van der Waals surface area contributed by atoms with Crippen molar-refractivity contribution in [1.82, 2.24) is 9.97 Å². The molecule has 2 aromatic heterocycles. The Morgan fingerprint density at radius 1 is 1.38 bits per heavy atom. The van der Waals surface area contributed by atoms with Crippen LogP contribution in [-0.2, 0) is 0 Å². The number of rotatable bonds is 3. The minimum atomic E-state index is -0.803. The van der Waals surface area contributed by atoms with Gasteiger partial charge in [0.2, 0.25) is 5.78 Å². The number of carbonyl (C=O) groups excluding carboxylic acids is 1. The molecular formula is C11H7N3OS. The minimum Gasteiger partial charge on any atom is -0.289 e. The highest BCUT2D eigenvalue weighted by Crippen LogP contribution is 2.23. The molecule has 2 aromatic rings. The van der Waals surface area contributed by atoms with Crippen LogP contribution in [0.4, 0.5) is 0 Å². The quantitative estimate of drug-likeness (QED) is 0.755. The molecule has 2 rings (SSSR count). The molecule has 1 atom stereocenters. The van der Waals surface area contributed by atoms with Crippen LogP contribution in [0.5, 0.6) is 0 Å². The number of hydrogen-bond donors (Lipinski definition) is 0. The van der Waals surface area contributed by atoms with E-state index in [2.05, 4.69) is 9.97 Å². The van der Waals surface area contributed by atoms with E-state index >= 15 is 0 Å². The molecule has 4 nitrogen and oxygen atoms in total. The zero-order chi connectivity index (χ0) is 11.4. The van der Waals surface area contributed by atoms with Gasteiger partial charge < -0.3 is 0 Å². The molecule has 0 aliphatic carbocycles. The van der Waals surface area contributed by atoms with E-state index in [-0.39, 0.29) is 11.6 Å². The van der Waals surface area contributed by atoms with Gasteiger partial charge in [0.05, 0.1) is 6.07 Å². The van der Waals surface area contributed by atoms with Crippen LogP contribution in [0.25, 0.3) is 0 Å². The van der Waals surface area contributed by atoms with Crippen LogP contribution in [0.3, 0.4) is 0 Å². The maximum Gasteiger partial charge on any atom is 0.222 e. The van der Waals surface area contributed by atoms with Gasteiger partial charge in [-0.05, 0) is 17.5 Å². The standard InChI is InChI=1S/C11H7N3OS/c12-7-8(9-3-1-6-16-9)10(15)11-13-4-2-5-14-11/h1-6,8H. The van der Waals surface area contributed by atoms with Crippen molar-refractivity contribution >= 4 is 17.1 Å². The molecule has 0 aromatic carbocycles. The summed E-state index contributed by atoms with van der Waals surface area (Å²) < 4.78 is 0. The first-order valence-corrected chi connectivity index (χ1v) is 5.45. The molecular weight excluding hydrogens is 222 g/mol. The monoisotopic (exact) mass is 229 g/mol. The lowest BCUT2D eigenvalue weighted by atomic mass is 10.0. The van der Waals surface area contributed by atoms with E-state index in [0.717, 1.165) is 4.88 Å². The molecule has 0 radical (unpaired) electrons. The van der Waals surface area contributed by atoms with Crippen molar-refractivity contribution in [2.45, 2.75) is 5.92 Å². The Hall–Kier alpha value is -2.06. The third kappa shape index (κ3) is 1.97. The number of nitrogens with zero attached hydrogens (tertiary/aromatic N) is 3. The Labute approximate surface area is 96.2 Å². The molecule has 0 fully saturated rings. The van der Waals surface area contributed by atoms with Crippen LogP contribution in [0, 0.1) is 11.3 Å². The Morgan fingerprint density at radius 2 is 2.12 bits per heavy atom. The molecule has 0 aliphatic heterocycles. The average Bonchev–Trinajstić information content (AvgIpc) is 2.85. The molecule has 2 heterocycles. The zero-order valence-corrected chi connectivity index (χ0v) is 9.02. The van der Waals surface area contributed by atoms with Crippen molar-refractivity contribution < 1.29 is 4.79 Å². The van der Waals surface area contributed by atoms with Gasteiger partial charge in [-0.3, -0.25) is 4.79 Å². The van der Waals surface area contributed by atoms with E-state index < -0.39 is 5.92 Å². The maximum atomic E-state index is 11.9. The van der Waals surface area contributed by atoms with Crippen molar-refractivity contribution in [3.05, 3.63) is 46.7 Å². The molecule has 0 aliphatic rings. The smallest absolute Gasteiger partial charge is 0.222 e. The fourth-order valence-corrected chi connectivity index (χ4v) is 2.03. The van der Waals surface area contributed by atoms with Gasteiger partial charge in [-0.15, -0.1) is 11.3 Å². The summed E-state index contributed by atoms with van der Waals surface area (Å²) in [7, 11) is 0. The highest BCUT2D eigenvalue weighted by molar-refractivity contribution is 7.10. The van der Waals surface area contributed by atoms with E-state index in [9.17, 15) is 4.79 Å².